The number of piperidine rings is 3. The van der Waals surface area contributed by atoms with E-state index in [1.165, 1.54) is 0 Å². The number of benzene rings is 2. The molecule has 3 aliphatic heterocycles. The number of aliphatic hydroxyl groups is 1. The van der Waals surface area contributed by atoms with Crippen molar-refractivity contribution in [3.8, 4) is 0 Å². The number of hydrogen-bond donors (Lipinski definition) is 1. The number of halogens is 3. The number of aliphatic hydroxyl groups excluding tert-OH is 1. The van der Waals surface area contributed by atoms with Gasteiger partial charge in [0, 0.05) is 35.9 Å². The van der Waals surface area contributed by atoms with Crippen molar-refractivity contribution in [2.24, 2.45) is 11.8 Å². The van der Waals surface area contributed by atoms with E-state index < -0.39 is 17.8 Å². The molecule has 1 aromatic heterocycles. The molecule has 3 fully saturated rings. The van der Waals surface area contributed by atoms with Crippen molar-refractivity contribution in [1.29, 1.82) is 0 Å². The molecule has 5 atom stereocenters. The minimum Gasteiger partial charge on any atom is -0.382 e. The van der Waals surface area contributed by atoms with Gasteiger partial charge in [0.15, 0.2) is 0 Å². The molecule has 6 rings (SSSR count). The Morgan fingerprint density at radius 2 is 1.88 bits per heavy atom. The monoisotopic (exact) mass is 453 g/mol. The summed E-state index contributed by atoms with van der Waals surface area (Å²) in [6.07, 6.45) is 0.648. The summed E-state index contributed by atoms with van der Waals surface area (Å²) in [5.41, 5.74) is 1.96. The molecule has 0 spiro atoms. The molecule has 0 saturated carbocycles. The Bertz CT molecular complexity index is 1150. The van der Waals surface area contributed by atoms with E-state index in [9.17, 15) is 18.3 Å². The zero-order valence-electron chi connectivity index (χ0n) is 18.4. The number of alkyl halides is 3. The third-order valence-electron chi connectivity index (χ3n) is 7.82. The highest BCUT2D eigenvalue weighted by molar-refractivity contribution is 5.82. The first-order valence-corrected chi connectivity index (χ1v) is 11.5. The van der Waals surface area contributed by atoms with Crippen LogP contribution in [0.1, 0.15) is 35.6 Å². The van der Waals surface area contributed by atoms with Gasteiger partial charge in [0.25, 0.3) is 0 Å². The van der Waals surface area contributed by atoms with Crippen molar-refractivity contribution < 1.29 is 22.8 Å². The van der Waals surface area contributed by atoms with Gasteiger partial charge in [-0.05, 0) is 35.7 Å². The van der Waals surface area contributed by atoms with Crippen molar-refractivity contribution in [1.82, 2.24) is 4.98 Å². The molecule has 33 heavy (non-hydrogen) atoms. The highest BCUT2D eigenvalue weighted by atomic mass is 19.4. The molecule has 6 heteroatoms. The number of nitrogens with zero attached hydrogens (tertiary/aromatic N) is 2. The summed E-state index contributed by atoms with van der Waals surface area (Å²) in [6.45, 7) is 6.39. The number of rotatable bonds is 5. The van der Waals surface area contributed by atoms with E-state index in [4.69, 9.17) is 0 Å². The van der Waals surface area contributed by atoms with Gasteiger partial charge in [0.05, 0.1) is 24.2 Å². The SMILES string of the molecule is C=CC1C[N@+]2(Cc3ccc(C(F)(F)F)cc3)CCC1CC2C(O)c1ccnc2ccccc12. The number of aromatic nitrogens is 1. The number of pyridine rings is 1. The van der Waals surface area contributed by atoms with Gasteiger partial charge in [-0.2, -0.15) is 13.2 Å². The predicted octanol–water partition coefficient (Wildman–Crippen LogP) is 5.90. The molecule has 0 radical (unpaired) electrons. The van der Waals surface area contributed by atoms with Crippen LogP contribution in [0.25, 0.3) is 10.9 Å². The van der Waals surface area contributed by atoms with Gasteiger partial charge in [0.2, 0.25) is 0 Å². The zero-order chi connectivity index (χ0) is 23.2. The summed E-state index contributed by atoms with van der Waals surface area (Å²) in [6, 6.07) is 15.2. The summed E-state index contributed by atoms with van der Waals surface area (Å²) < 4.78 is 39.8. The standard InChI is InChI=1S/C27H28F3N2O/c1-2-19-17-32(16-18-7-9-21(10-8-18)27(28,29)30)14-12-20(19)15-25(32)26(33)23-11-13-31-24-6-4-3-5-22(23)24/h2-11,13,19-20,25-26,33H,1,12,14-17H2/q+1/t19?,20?,25?,26?,32-/m1/s1. The summed E-state index contributed by atoms with van der Waals surface area (Å²) >= 11 is 0. The van der Waals surface area contributed by atoms with Gasteiger partial charge in [-0.1, -0.05) is 36.4 Å². The number of hydrogen-bond acceptors (Lipinski definition) is 2. The molecule has 2 bridgehead atoms. The molecule has 1 N–H and O–H groups in total. The van der Waals surface area contributed by atoms with E-state index in [-0.39, 0.29) is 6.04 Å². The van der Waals surface area contributed by atoms with E-state index in [1.54, 1.807) is 18.3 Å². The van der Waals surface area contributed by atoms with Gasteiger partial charge in [-0.25, -0.2) is 0 Å². The molecule has 3 saturated heterocycles. The molecular weight excluding hydrogens is 425 g/mol. The molecule has 4 heterocycles. The van der Waals surface area contributed by atoms with Gasteiger partial charge >= 0.3 is 6.18 Å². The average molecular weight is 454 g/mol. The first-order valence-electron chi connectivity index (χ1n) is 11.5. The summed E-state index contributed by atoms with van der Waals surface area (Å²) in [5.74, 6) is 0.827. The minimum atomic E-state index is -4.34. The van der Waals surface area contributed by atoms with Crippen LogP contribution in [-0.4, -0.2) is 33.7 Å². The van der Waals surface area contributed by atoms with E-state index >= 15 is 0 Å². The van der Waals surface area contributed by atoms with Crippen molar-refractivity contribution in [3.05, 3.63) is 90.1 Å². The summed E-state index contributed by atoms with van der Waals surface area (Å²) in [4.78, 5) is 4.43. The molecule has 3 nitrogen and oxygen atoms in total. The summed E-state index contributed by atoms with van der Waals surface area (Å²) in [7, 11) is 0. The Kier molecular flexibility index (Phi) is 5.53. The van der Waals surface area contributed by atoms with Crippen LogP contribution in [0.4, 0.5) is 13.2 Å². The zero-order valence-corrected chi connectivity index (χ0v) is 18.4. The minimum absolute atomic E-state index is 0.0342. The van der Waals surface area contributed by atoms with Crippen LogP contribution in [0.2, 0.25) is 0 Å². The van der Waals surface area contributed by atoms with Crippen LogP contribution in [0.15, 0.2) is 73.4 Å². The lowest BCUT2D eigenvalue weighted by atomic mass is 9.71. The fraction of sp³-hybridized carbons (Fsp3) is 0.370. The molecule has 4 unspecified atom stereocenters. The van der Waals surface area contributed by atoms with E-state index in [2.05, 4.69) is 11.6 Å². The third-order valence-corrected chi connectivity index (χ3v) is 7.82. The lowest BCUT2D eigenvalue weighted by molar-refractivity contribution is -0.984. The first kappa shape index (κ1) is 22.1. The predicted molar refractivity (Wildman–Crippen MR) is 122 cm³/mol. The fourth-order valence-electron chi connectivity index (χ4n) is 6.13. The van der Waals surface area contributed by atoms with Crippen molar-refractivity contribution in [2.75, 3.05) is 13.1 Å². The molecular formula is C27H28F3N2O+. The van der Waals surface area contributed by atoms with Gasteiger partial charge in [0.1, 0.15) is 18.7 Å². The largest absolute Gasteiger partial charge is 0.416 e. The maximum Gasteiger partial charge on any atom is 0.416 e. The number of para-hydroxylation sites is 1. The van der Waals surface area contributed by atoms with Gasteiger partial charge in [-0.3, -0.25) is 4.98 Å². The Labute approximate surface area is 191 Å². The maximum atomic E-state index is 13.1. The van der Waals surface area contributed by atoms with Crippen LogP contribution in [-0.2, 0) is 12.7 Å². The van der Waals surface area contributed by atoms with E-state index in [0.29, 0.717) is 22.9 Å². The smallest absolute Gasteiger partial charge is 0.382 e. The second kappa shape index (κ2) is 8.26. The van der Waals surface area contributed by atoms with Crippen LogP contribution in [0.3, 0.4) is 0 Å². The Morgan fingerprint density at radius 3 is 2.61 bits per heavy atom. The fourth-order valence-corrected chi connectivity index (χ4v) is 6.13. The highest BCUT2D eigenvalue weighted by Crippen LogP contribution is 2.48. The molecule has 172 valence electrons. The lowest BCUT2D eigenvalue weighted by Crippen LogP contribution is -2.67. The second-order valence-electron chi connectivity index (χ2n) is 9.59. The molecule has 3 aliphatic rings. The van der Waals surface area contributed by atoms with Crippen molar-refractivity contribution >= 4 is 10.9 Å². The normalized spacial score (nSPS) is 28.1. The van der Waals surface area contributed by atoms with E-state index in [1.807, 2.05) is 36.4 Å². The first-order chi connectivity index (χ1) is 15.8. The highest BCUT2D eigenvalue weighted by Gasteiger charge is 2.54. The Balaban J connectivity index is 1.51. The van der Waals surface area contributed by atoms with Crippen LogP contribution in [0, 0.1) is 11.8 Å². The molecule has 3 aromatic rings. The quantitative estimate of drug-likeness (QED) is 0.386. The van der Waals surface area contributed by atoms with Crippen molar-refractivity contribution in [2.45, 2.75) is 37.7 Å². The number of fused-ring (bicyclic) bond motifs is 4. The lowest BCUT2D eigenvalue weighted by Gasteiger charge is -2.58. The van der Waals surface area contributed by atoms with E-state index in [0.717, 1.165) is 60.1 Å². The molecule has 2 aromatic carbocycles. The maximum absolute atomic E-state index is 13.1. The van der Waals surface area contributed by atoms with Crippen molar-refractivity contribution in [3.63, 3.8) is 0 Å². The number of quaternary nitrogens is 1. The van der Waals surface area contributed by atoms with Gasteiger partial charge in [-0.15, -0.1) is 6.58 Å². The van der Waals surface area contributed by atoms with Gasteiger partial charge < -0.3 is 9.59 Å². The Morgan fingerprint density at radius 1 is 1.12 bits per heavy atom. The third kappa shape index (κ3) is 3.96. The molecule has 0 aliphatic carbocycles. The van der Waals surface area contributed by atoms with Crippen LogP contribution < -0.4 is 0 Å². The molecule has 0 amide bonds. The summed E-state index contributed by atoms with van der Waals surface area (Å²) in [5, 5.41) is 12.6. The van der Waals surface area contributed by atoms with Crippen LogP contribution >= 0.6 is 0 Å². The topological polar surface area (TPSA) is 33.1 Å². The second-order valence-corrected chi connectivity index (χ2v) is 9.59. The Hall–Kier alpha value is -2.70. The average Bonchev–Trinajstić information content (AvgIpc) is 2.83. The van der Waals surface area contributed by atoms with Crippen LogP contribution in [0.5, 0.6) is 0 Å².